The zero-order valence-electron chi connectivity index (χ0n) is 6.70. The Hall–Kier alpha value is -1.57. The van der Waals surface area contributed by atoms with Crippen molar-refractivity contribution in [3.8, 4) is 0 Å². The molecule has 0 saturated heterocycles. The highest BCUT2D eigenvalue weighted by atomic mass is 14.7. The van der Waals surface area contributed by atoms with Gasteiger partial charge in [0.1, 0.15) is 0 Å². The summed E-state index contributed by atoms with van der Waals surface area (Å²) in [7, 11) is 0. The fourth-order valence-corrected chi connectivity index (χ4v) is 1.18. The average Bonchev–Trinajstić information content (AvgIpc) is 2.59. The zero-order valence-corrected chi connectivity index (χ0v) is 6.70. The third-order valence-corrected chi connectivity index (χ3v) is 1.76. The monoisotopic (exact) mass is 158 g/mol. The van der Waals surface area contributed by atoms with Crippen LogP contribution >= 0.6 is 0 Å². The highest BCUT2D eigenvalue weighted by Crippen LogP contribution is 2.03. The molecular weight excluding hydrogens is 148 g/mol. The van der Waals surface area contributed by atoms with Crippen molar-refractivity contribution in [3.05, 3.63) is 54.1 Å². The Kier molecular flexibility index (Phi) is 1.90. The van der Waals surface area contributed by atoms with E-state index in [0.29, 0.717) is 0 Å². The fraction of sp³-hybridized carbons (Fsp3) is 0.100. The number of pyridine rings is 1. The molecule has 2 heteroatoms. The molecule has 0 amide bonds. The molecule has 0 saturated carbocycles. The summed E-state index contributed by atoms with van der Waals surface area (Å²) in [5.41, 5.74) is 2.30. The Balaban J connectivity index is 2.15. The molecular formula is C10H10N2. The van der Waals surface area contributed by atoms with E-state index in [1.165, 1.54) is 5.69 Å². The van der Waals surface area contributed by atoms with Crippen LogP contribution in [0, 0.1) is 0 Å². The number of nitrogens with one attached hydrogen (secondary N) is 1. The predicted octanol–water partition coefficient (Wildman–Crippen LogP) is 2.00. The van der Waals surface area contributed by atoms with E-state index < -0.39 is 0 Å². The topological polar surface area (TPSA) is 28.7 Å². The van der Waals surface area contributed by atoms with E-state index in [9.17, 15) is 0 Å². The lowest BCUT2D eigenvalue weighted by atomic mass is 10.2. The molecule has 0 atom stereocenters. The number of H-pyrrole nitrogens is 1. The number of aromatic nitrogens is 2. The molecule has 0 aliphatic heterocycles. The second-order valence-electron chi connectivity index (χ2n) is 2.69. The summed E-state index contributed by atoms with van der Waals surface area (Å²) in [4.78, 5) is 7.38. The Morgan fingerprint density at radius 3 is 2.83 bits per heavy atom. The van der Waals surface area contributed by atoms with E-state index in [4.69, 9.17) is 0 Å². The summed E-state index contributed by atoms with van der Waals surface area (Å²) in [5, 5.41) is 0. The van der Waals surface area contributed by atoms with Gasteiger partial charge in [-0.2, -0.15) is 0 Å². The van der Waals surface area contributed by atoms with Crippen LogP contribution in [0.15, 0.2) is 42.7 Å². The lowest BCUT2D eigenvalue weighted by Crippen LogP contribution is -1.90. The van der Waals surface area contributed by atoms with Crippen molar-refractivity contribution >= 4 is 0 Å². The van der Waals surface area contributed by atoms with Crippen molar-refractivity contribution in [2.24, 2.45) is 0 Å². The summed E-state index contributed by atoms with van der Waals surface area (Å²) >= 11 is 0. The standard InChI is InChI=1S/C10H10N2/c1-2-6-11-9(4-1)8-10-5-3-7-12-10/h1-7,12H,8H2. The summed E-state index contributed by atoms with van der Waals surface area (Å²) in [5.74, 6) is 0. The van der Waals surface area contributed by atoms with Crippen LogP contribution in [0.5, 0.6) is 0 Å². The van der Waals surface area contributed by atoms with Crippen molar-refractivity contribution in [2.45, 2.75) is 6.42 Å². The first kappa shape index (κ1) is 7.10. The van der Waals surface area contributed by atoms with Crippen molar-refractivity contribution in [1.29, 1.82) is 0 Å². The lowest BCUT2D eigenvalue weighted by molar-refractivity contribution is 1.03. The lowest BCUT2D eigenvalue weighted by Gasteiger charge is -1.95. The van der Waals surface area contributed by atoms with Gasteiger partial charge in [0.15, 0.2) is 0 Å². The summed E-state index contributed by atoms with van der Waals surface area (Å²) in [6.45, 7) is 0. The molecule has 2 nitrogen and oxygen atoms in total. The van der Waals surface area contributed by atoms with Crippen LogP contribution in [-0.4, -0.2) is 9.97 Å². The molecule has 2 aromatic rings. The van der Waals surface area contributed by atoms with Crippen LogP contribution in [0.1, 0.15) is 11.4 Å². The second-order valence-corrected chi connectivity index (χ2v) is 2.69. The van der Waals surface area contributed by atoms with Crippen LogP contribution in [0.25, 0.3) is 0 Å². The number of nitrogens with zero attached hydrogens (tertiary/aromatic N) is 1. The van der Waals surface area contributed by atoms with Gasteiger partial charge < -0.3 is 4.98 Å². The van der Waals surface area contributed by atoms with Gasteiger partial charge in [0, 0.05) is 30.2 Å². The zero-order chi connectivity index (χ0) is 8.23. The van der Waals surface area contributed by atoms with Crippen LogP contribution in [0.3, 0.4) is 0 Å². The van der Waals surface area contributed by atoms with E-state index in [1.54, 1.807) is 0 Å². The molecule has 0 spiro atoms. The van der Waals surface area contributed by atoms with E-state index in [-0.39, 0.29) is 0 Å². The first-order valence-corrected chi connectivity index (χ1v) is 3.97. The smallest absolute Gasteiger partial charge is 0.0462 e. The van der Waals surface area contributed by atoms with Gasteiger partial charge in [-0.1, -0.05) is 6.07 Å². The number of hydrogen-bond donors (Lipinski definition) is 1. The summed E-state index contributed by atoms with van der Waals surface area (Å²) in [6.07, 6.45) is 4.63. The molecule has 0 bridgehead atoms. The Morgan fingerprint density at radius 1 is 1.17 bits per heavy atom. The summed E-state index contributed by atoms with van der Waals surface area (Å²) < 4.78 is 0. The maximum absolute atomic E-state index is 4.23. The van der Waals surface area contributed by atoms with E-state index in [1.807, 2.05) is 36.7 Å². The molecule has 0 aliphatic rings. The van der Waals surface area contributed by atoms with E-state index >= 15 is 0 Å². The van der Waals surface area contributed by atoms with Crippen LogP contribution < -0.4 is 0 Å². The van der Waals surface area contributed by atoms with Crippen molar-refractivity contribution in [1.82, 2.24) is 9.97 Å². The van der Waals surface area contributed by atoms with Gasteiger partial charge in [0.25, 0.3) is 0 Å². The van der Waals surface area contributed by atoms with Crippen LogP contribution in [0.4, 0.5) is 0 Å². The molecule has 12 heavy (non-hydrogen) atoms. The quantitative estimate of drug-likeness (QED) is 0.711. The number of hydrogen-bond acceptors (Lipinski definition) is 1. The number of rotatable bonds is 2. The van der Waals surface area contributed by atoms with Gasteiger partial charge in [-0.3, -0.25) is 4.98 Å². The molecule has 0 unspecified atom stereocenters. The Morgan fingerprint density at radius 2 is 2.17 bits per heavy atom. The number of aromatic amines is 1. The largest absolute Gasteiger partial charge is 0.365 e. The van der Waals surface area contributed by atoms with Crippen molar-refractivity contribution < 1.29 is 0 Å². The van der Waals surface area contributed by atoms with Crippen LogP contribution in [0.2, 0.25) is 0 Å². The van der Waals surface area contributed by atoms with Crippen molar-refractivity contribution in [3.63, 3.8) is 0 Å². The highest BCUT2D eigenvalue weighted by Gasteiger charge is 1.95. The second kappa shape index (κ2) is 3.22. The summed E-state index contributed by atoms with van der Waals surface area (Å²) in [6, 6.07) is 10.0. The minimum Gasteiger partial charge on any atom is -0.365 e. The first-order chi connectivity index (χ1) is 5.95. The highest BCUT2D eigenvalue weighted by molar-refractivity contribution is 5.14. The molecule has 0 aliphatic carbocycles. The minimum atomic E-state index is 0.883. The molecule has 60 valence electrons. The van der Waals surface area contributed by atoms with Gasteiger partial charge >= 0.3 is 0 Å². The van der Waals surface area contributed by atoms with Gasteiger partial charge in [-0.25, -0.2) is 0 Å². The predicted molar refractivity (Wildman–Crippen MR) is 47.8 cm³/mol. The van der Waals surface area contributed by atoms with Gasteiger partial charge in [-0.05, 0) is 24.3 Å². The van der Waals surface area contributed by atoms with Gasteiger partial charge in [0.05, 0.1) is 0 Å². The SMILES string of the molecule is c1ccc(Cc2ccc[nH]2)nc1. The first-order valence-electron chi connectivity index (χ1n) is 3.97. The third kappa shape index (κ3) is 1.53. The third-order valence-electron chi connectivity index (χ3n) is 1.76. The molecule has 0 fully saturated rings. The minimum absolute atomic E-state index is 0.883. The molecule has 1 N–H and O–H groups in total. The maximum Gasteiger partial charge on any atom is 0.0462 e. The molecule has 0 radical (unpaired) electrons. The molecule has 2 heterocycles. The Labute approximate surface area is 71.3 Å². The molecule has 2 aromatic heterocycles. The average molecular weight is 158 g/mol. The molecule has 0 aromatic carbocycles. The normalized spacial score (nSPS) is 10.0. The Bertz CT molecular complexity index is 324. The molecule has 2 rings (SSSR count). The van der Waals surface area contributed by atoms with Gasteiger partial charge in [0.2, 0.25) is 0 Å². The van der Waals surface area contributed by atoms with E-state index in [0.717, 1.165) is 12.1 Å². The van der Waals surface area contributed by atoms with E-state index in [2.05, 4.69) is 16.0 Å². The van der Waals surface area contributed by atoms with Crippen LogP contribution in [-0.2, 0) is 6.42 Å². The maximum atomic E-state index is 4.23. The van der Waals surface area contributed by atoms with Gasteiger partial charge in [-0.15, -0.1) is 0 Å². The fourth-order valence-electron chi connectivity index (χ4n) is 1.18. The van der Waals surface area contributed by atoms with Crippen molar-refractivity contribution in [2.75, 3.05) is 0 Å².